The van der Waals surface area contributed by atoms with E-state index in [1.807, 2.05) is 35.9 Å². The molecular formula is C20H19N3O3S2. The normalized spacial score (nSPS) is 10.5. The molecule has 0 aliphatic carbocycles. The maximum atomic E-state index is 12.5. The Bertz CT molecular complexity index is 1000. The molecule has 0 radical (unpaired) electrons. The Kier molecular flexibility index (Phi) is 6.43. The number of thioether (sulfide) groups is 1. The van der Waals surface area contributed by atoms with Gasteiger partial charge < -0.3 is 4.74 Å². The van der Waals surface area contributed by atoms with Crippen LogP contribution in [0.25, 0.3) is 11.3 Å². The number of ether oxygens (including phenoxy) is 1. The minimum Gasteiger partial charge on any atom is -0.462 e. The van der Waals surface area contributed by atoms with Crippen molar-refractivity contribution < 1.29 is 14.3 Å². The Morgan fingerprint density at radius 1 is 1.14 bits per heavy atom. The summed E-state index contributed by atoms with van der Waals surface area (Å²) in [6.07, 6.45) is 2.03. The summed E-state index contributed by atoms with van der Waals surface area (Å²) in [5.74, 6) is -0.825. The number of carbonyl (C=O) groups is 2. The molecule has 3 aromatic rings. The van der Waals surface area contributed by atoms with Gasteiger partial charge in [-0.05, 0) is 44.4 Å². The van der Waals surface area contributed by atoms with Crippen LogP contribution in [0.5, 0.6) is 0 Å². The maximum absolute atomic E-state index is 12.5. The summed E-state index contributed by atoms with van der Waals surface area (Å²) in [4.78, 5) is 34.2. The van der Waals surface area contributed by atoms with Gasteiger partial charge in [0.25, 0.3) is 5.91 Å². The van der Waals surface area contributed by atoms with E-state index < -0.39 is 5.97 Å². The summed E-state index contributed by atoms with van der Waals surface area (Å²) in [6.45, 7) is 3.69. The Morgan fingerprint density at radius 3 is 2.54 bits per heavy atom. The van der Waals surface area contributed by atoms with E-state index in [1.54, 1.807) is 31.7 Å². The number of hydrogen-bond donors (Lipinski definition) is 1. The Morgan fingerprint density at radius 2 is 1.89 bits per heavy atom. The average Bonchev–Trinajstić information content (AvgIpc) is 3.16. The molecule has 2 heterocycles. The van der Waals surface area contributed by atoms with E-state index in [0.717, 1.165) is 11.3 Å². The minimum absolute atomic E-state index is 0.214. The summed E-state index contributed by atoms with van der Waals surface area (Å²) in [5, 5.41) is 5.14. The van der Waals surface area contributed by atoms with Gasteiger partial charge in [-0.2, -0.15) is 0 Å². The van der Waals surface area contributed by atoms with Crippen LogP contribution in [0, 0.1) is 6.92 Å². The predicted octanol–water partition coefficient (Wildman–Crippen LogP) is 4.66. The first-order valence-electron chi connectivity index (χ1n) is 8.58. The number of aromatic nitrogens is 2. The first-order valence-corrected chi connectivity index (χ1v) is 10.7. The van der Waals surface area contributed by atoms with Crippen molar-refractivity contribution in [3.05, 3.63) is 58.7 Å². The van der Waals surface area contributed by atoms with Crippen LogP contribution in [-0.4, -0.2) is 34.7 Å². The van der Waals surface area contributed by atoms with E-state index in [1.165, 1.54) is 22.3 Å². The highest BCUT2D eigenvalue weighted by molar-refractivity contribution is 7.98. The lowest BCUT2D eigenvalue weighted by Crippen LogP contribution is -2.16. The summed E-state index contributed by atoms with van der Waals surface area (Å²) in [7, 11) is 0. The van der Waals surface area contributed by atoms with Crippen LogP contribution in [0.4, 0.5) is 5.13 Å². The smallest absolute Gasteiger partial charge is 0.339 e. The van der Waals surface area contributed by atoms with Crippen LogP contribution >= 0.6 is 23.1 Å². The van der Waals surface area contributed by atoms with Gasteiger partial charge in [0.15, 0.2) is 5.13 Å². The van der Waals surface area contributed by atoms with Crippen molar-refractivity contribution in [3.63, 3.8) is 0 Å². The van der Waals surface area contributed by atoms with Crippen molar-refractivity contribution in [2.45, 2.75) is 18.7 Å². The lowest BCUT2D eigenvalue weighted by atomic mass is 10.2. The van der Waals surface area contributed by atoms with E-state index in [-0.39, 0.29) is 18.2 Å². The number of benzene rings is 1. The molecule has 28 heavy (non-hydrogen) atoms. The van der Waals surface area contributed by atoms with Crippen LogP contribution in [0.15, 0.2) is 46.7 Å². The van der Waals surface area contributed by atoms with Gasteiger partial charge in [0, 0.05) is 15.8 Å². The number of hydrogen-bond acceptors (Lipinski definition) is 7. The fourth-order valence-corrected chi connectivity index (χ4v) is 3.62. The first kappa shape index (κ1) is 20.0. The zero-order valence-electron chi connectivity index (χ0n) is 15.7. The fourth-order valence-electron chi connectivity index (χ4n) is 2.50. The van der Waals surface area contributed by atoms with Crippen LogP contribution in [0.2, 0.25) is 0 Å². The standard InChI is InChI=1S/C20H19N3O3S2/c1-4-26-19(25)15-9-10-16(21-12(15)2)18(24)23-20-22-17(11-28-20)13-5-7-14(27-3)8-6-13/h5-11H,4H2,1-3H3,(H,22,23,24). The zero-order chi connectivity index (χ0) is 20.1. The largest absolute Gasteiger partial charge is 0.462 e. The number of thiazole rings is 1. The Labute approximate surface area is 171 Å². The quantitative estimate of drug-likeness (QED) is 0.467. The molecule has 1 N–H and O–H groups in total. The SMILES string of the molecule is CCOC(=O)c1ccc(C(=O)Nc2nc(-c3ccc(SC)cc3)cs2)nc1C. The molecule has 0 fully saturated rings. The monoisotopic (exact) mass is 413 g/mol. The minimum atomic E-state index is -0.448. The molecule has 0 aliphatic rings. The Hall–Kier alpha value is -2.71. The molecule has 0 aliphatic heterocycles. The number of aryl methyl sites for hydroxylation is 1. The van der Waals surface area contributed by atoms with Gasteiger partial charge in [-0.25, -0.2) is 14.8 Å². The van der Waals surface area contributed by atoms with Crippen LogP contribution in [0.1, 0.15) is 33.5 Å². The molecule has 6 nitrogen and oxygen atoms in total. The number of esters is 1. The van der Waals surface area contributed by atoms with E-state index in [0.29, 0.717) is 16.4 Å². The highest BCUT2D eigenvalue weighted by atomic mass is 32.2. The molecule has 8 heteroatoms. The van der Waals surface area contributed by atoms with Crippen LogP contribution < -0.4 is 5.32 Å². The second-order valence-corrected chi connectivity index (χ2v) is 7.51. The van der Waals surface area contributed by atoms with Gasteiger partial charge in [0.2, 0.25) is 0 Å². The molecule has 0 spiro atoms. The number of nitrogens with zero attached hydrogens (tertiary/aromatic N) is 2. The van der Waals surface area contributed by atoms with Crippen molar-refractivity contribution in [2.75, 3.05) is 18.2 Å². The summed E-state index contributed by atoms with van der Waals surface area (Å²) in [5.41, 5.74) is 2.80. The predicted molar refractivity (Wildman–Crippen MR) is 112 cm³/mol. The summed E-state index contributed by atoms with van der Waals surface area (Å²) >= 11 is 3.03. The molecule has 1 amide bonds. The van der Waals surface area contributed by atoms with Crippen molar-refractivity contribution in [1.82, 2.24) is 9.97 Å². The highest BCUT2D eigenvalue weighted by Crippen LogP contribution is 2.27. The first-order chi connectivity index (χ1) is 13.5. The van der Waals surface area contributed by atoms with Crippen LogP contribution in [0.3, 0.4) is 0 Å². The van der Waals surface area contributed by atoms with E-state index in [4.69, 9.17) is 4.74 Å². The number of anilines is 1. The number of nitrogens with one attached hydrogen (secondary N) is 1. The van der Waals surface area contributed by atoms with Gasteiger partial charge in [-0.1, -0.05) is 12.1 Å². The molecule has 0 saturated carbocycles. The molecule has 144 valence electrons. The van der Waals surface area contributed by atoms with E-state index in [9.17, 15) is 9.59 Å². The van der Waals surface area contributed by atoms with Crippen molar-refractivity contribution in [2.24, 2.45) is 0 Å². The molecule has 0 unspecified atom stereocenters. The molecular weight excluding hydrogens is 394 g/mol. The molecule has 0 atom stereocenters. The average molecular weight is 414 g/mol. The third kappa shape index (κ3) is 4.58. The molecule has 2 aromatic heterocycles. The topological polar surface area (TPSA) is 81.2 Å². The third-order valence-corrected chi connectivity index (χ3v) is 5.43. The Balaban J connectivity index is 1.72. The summed E-state index contributed by atoms with van der Waals surface area (Å²) < 4.78 is 4.97. The lowest BCUT2D eigenvalue weighted by molar-refractivity contribution is 0.0524. The molecule has 0 bridgehead atoms. The zero-order valence-corrected chi connectivity index (χ0v) is 17.3. The van der Waals surface area contributed by atoms with Gasteiger partial charge in [0.1, 0.15) is 5.69 Å². The molecule has 0 saturated heterocycles. The highest BCUT2D eigenvalue weighted by Gasteiger charge is 2.16. The number of pyridine rings is 1. The van der Waals surface area contributed by atoms with Crippen molar-refractivity contribution in [1.29, 1.82) is 0 Å². The van der Waals surface area contributed by atoms with Gasteiger partial charge in [-0.15, -0.1) is 23.1 Å². The van der Waals surface area contributed by atoms with Gasteiger partial charge in [0.05, 0.1) is 23.6 Å². The summed E-state index contributed by atoms with van der Waals surface area (Å²) in [6, 6.07) is 11.1. The van der Waals surface area contributed by atoms with E-state index in [2.05, 4.69) is 15.3 Å². The van der Waals surface area contributed by atoms with Gasteiger partial charge >= 0.3 is 5.97 Å². The number of amides is 1. The van der Waals surface area contributed by atoms with Crippen molar-refractivity contribution >= 4 is 40.1 Å². The fraction of sp³-hybridized carbons (Fsp3) is 0.200. The third-order valence-electron chi connectivity index (χ3n) is 3.92. The number of carbonyl (C=O) groups excluding carboxylic acids is 2. The lowest BCUT2D eigenvalue weighted by Gasteiger charge is -2.07. The van der Waals surface area contributed by atoms with Gasteiger partial charge in [-0.3, -0.25) is 10.1 Å². The second-order valence-electron chi connectivity index (χ2n) is 5.77. The van der Waals surface area contributed by atoms with Crippen LogP contribution in [-0.2, 0) is 4.74 Å². The number of rotatable bonds is 6. The van der Waals surface area contributed by atoms with Crippen molar-refractivity contribution in [3.8, 4) is 11.3 Å². The van der Waals surface area contributed by atoms with E-state index >= 15 is 0 Å². The molecule has 1 aromatic carbocycles. The second kappa shape index (κ2) is 8.99. The maximum Gasteiger partial charge on any atom is 0.339 e. The molecule has 3 rings (SSSR count).